The molecule has 1 rings (SSSR count). The highest BCUT2D eigenvalue weighted by atomic mass is 16.7. The molecule has 1 aliphatic heterocycles. The fraction of sp³-hybridized carbons (Fsp3) is 0.821. The minimum atomic E-state index is -1.57. The number of rotatable bonds is 30. The Hall–Kier alpha value is -1.59. The van der Waals surface area contributed by atoms with Gasteiger partial charge in [-0.1, -0.05) is 140 Å². The summed E-state index contributed by atoms with van der Waals surface area (Å²) in [7, 11) is 0. The summed E-state index contributed by atoms with van der Waals surface area (Å²) < 4.78 is 11.1. The summed E-state index contributed by atoms with van der Waals surface area (Å²) in [6.07, 6.45) is 27.6. The van der Waals surface area contributed by atoms with Gasteiger partial charge in [-0.15, -0.1) is 0 Å². The third kappa shape index (κ3) is 21.5. The fourth-order valence-corrected chi connectivity index (χ4v) is 5.76. The van der Waals surface area contributed by atoms with Gasteiger partial charge in [-0.3, -0.25) is 4.79 Å². The molecule has 1 saturated heterocycles. The molecule has 0 saturated carbocycles. The van der Waals surface area contributed by atoms with E-state index in [0.29, 0.717) is 6.42 Å². The second-order valence-electron chi connectivity index (χ2n) is 13.4. The third-order valence-electron chi connectivity index (χ3n) is 8.95. The lowest BCUT2D eigenvalue weighted by molar-refractivity contribution is -0.302. The summed E-state index contributed by atoms with van der Waals surface area (Å²) in [5, 5.41) is 53.8. The molecule has 280 valence electrons. The third-order valence-corrected chi connectivity index (χ3v) is 8.95. The maximum absolute atomic E-state index is 12.8. The molecule has 1 heterocycles. The van der Waals surface area contributed by atoms with Crippen LogP contribution in [0.1, 0.15) is 149 Å². The zero-order chi connectivity index (χ0) is 35.2. The van der Waals surface area contributed by atoms with Crippen molar-refractivity contribution in [3.05, 3.63) is 36.5 Å². The maximum atomic E-state index is 12.8. The summed E-state index contributed by atoms with van der Waals surface area (Å²) in [5.41, 5.74) is 0. The first kappa shape index (κ1) is 44.4. The van der Waals surface area contributed by atoms with Crippen molar-refractivity contribution in [1.29, 1.82) is 0 Å². The van der Waals surface area contributed by atoms with Crippen LogP contribution < -0.4 is 5.32 Å². The molecular formula is C39H71NO8. The molecule has 48 heavy (non-hydrogen) atoms. The molecule has 0 radical (unpaired) electrons. The zero-order valence-corrected chi connectivity index (χ0v) is 30.2. The Morgan fingerprint density at radius 2 is 1.19 bits per heavy atom. The Kier molecular flexibility index (Phi) is 28.0. The molecule has 7 unspecified atom stereocenters. The molecule has 0 bridgehead atoms. The average Bonchev–Trinajstić information content (AvgIpc) is 3.08. The van der Waals surface area contributed by atoms with Crippen molar-refractivity contribution in [3.63, 3.8) is 0 Å². The number of nitrogens with one attached hydrogen (secondary N) is 1. The van der Waals surface area contributed by atoms with E-state index in [1.165, 1.54) is 77.0 Å². The van der Waals surface area contributed by atoms with Gasteiger partial charge >= 0.3 is 0 Å². The summed E-state index contributed by atoms with van der Waals surface area (Å²) in [6.45, 7) is 3.67. The van der Waals surface area contributed by atoms with Gasteiger partial charge in [0.25, 0.3) is 0 Å². The van der Waals surface area contributed by atoms with Gasteiger partial charge in [-0.25, -0.2) is 0 Å². The number of carbonyl (C=O) groups excluding carboxylic acids is 1. The highest BCUT2D eigenvalue weighted by Crippen LogP contribution is 2.22. The number of ether oxygens (including phenoxy) is 2. The molecular weight excluding hydrogens is 610 g/mol. The van der Waals surface area contributed by atoms with Gasteiger partial charge in [0, 0.05) is 6.42 Å². The second-order valence-corrected chi connectivity index (χ2v) is 13.4. The molecule has 0 aromatic rings. The number of carbonyl (C=O) groups is 1. The van der Waals surface area contributed by atoms with Crippen LogP contribution in [-0.4, -0.2) is 87.5 Å². The molecule has 0 aliphatic carbocycles. The van der Waals surface area contributed by atoms with Crippen LogP contribution in [0.3, 0.4) is 0 Å². The van der Waals surface area contributed by atoms with Crippen molar-refractivity contribution in [2.45, 2.75) is 192 Å². The first-order valence-corrected chi connectivity index (χ1v) is 19.2. The van der Waals surface area contributed by atoms with Crippen molar-refractivity contribution in [1.82, 2.24) is 5.32 Å². The van der Waals surface area contributed by atoms with E-state index in [4.69, 9.17) is 9.47 Å². The average molecular weight is 682 g/mol. The van der Waals surface area contributed by atoms with Crippen molar-refractivity contribution in [2.75, 3.05) is 13.2 Å². The number of aliphatic hydroxyl groups is 5. The first-order chi connectivity index (χ1) is 23.3. The van der Waals surface area contributed by atoms with Crippen molar-refractivity contribution in [2.24, 2.45) is 0 Å². The quantitative estimate of drug-likeness (QED) is 0.0370. The van der Waals surface area contributed by atoms with E-state index in [-0.39, 0.29) is 12.5 Å². The molecule has 1 amide bonds. The lowest BCUT2D eigenvalue weighted by Gasteiger charge is -2.40. The molecule has 1 fully saturated rings. The van der Waals surface area contributed by atoms with Crippen LogP contribution in [0.25, 0.3) is 0 Å². The van der Waals surface area contributed by atoms with Crippen LogP contribution in [0, 0.1) is 0 Å². The molecule has 9 heteroatoms. The predicted octanol–water partition coefficient (Wildman–Crippen LogP) is 6.55. The SMILES string of the molecule is CCCC/C=C/CC/C=C/CC/C=C/C(O)C(COC1OC(CO)C(O)C(O)C1O)NC(=O)CCCCCCCCCCCCCCC. The van der Waals surface area contributed by atoms with Crippen molar-refractivity contribution in [3.8, 4) is 0 Å². The standard InChI is InChI=1S/C39H71NO8/c1-3-5-7-9-11-13-15-17-19-21-23-25-27-29-35(43)40-32(31-47-39-38(46)37(45)36(44)34(30-41)48-39)33(42)28-26-24-22-20-18-16-14-12-10-8-6-4-2/h10,12,18,20,26,28,32-34,36-39,41-42,44-46H,3-9,11,13-17,19,21-25,27,29-31H2,1-2H3,(H,40,43)/b12-10+,20-18+,28-26+. The van der Waals surface area contributed by atoms with E-state index in [1.807, 2.05) is 6.08 Å². The topological polar surface area (TPSA) is 149 Å². The molecule has 0 aromatic heterocycles. The number of allylic oxidation sites excluding steroid dienone is 5. The van der Waals surface area contributed by atoms with Gasteiger partial charge in [-0.2, -0.15) is 0 Å². The zero-order valence-electron chi connectivity index (χ0n) is 30.2. The Morgan fingerprint density at radius 1 is 0.688 bits per heavy atom. The molecule has 0 aromatic carbocycles. The number of hydrogen-bond donors (Lipinski definition) is 6. The van der Waals surface area contributed by atoms with E-state index in [1.54, 1.807) is 6.08 Å². The molecule has 9 nitrogen and oxygen atoms in total. The number of amides is 1. The number of unbranched alkanes of at least 4 members (excludes halogenated alkanes) is 16. The van der Waals surface area contributed by atoms with Gasteiger partial charge < -0.3 is 40.3 Å². The Morgan fingerprint density at radius 3 is 1.73 bits per heavy atom. The Labute approximate surface area is 291 Å². The lowest BCUT2D eigenvalue weighted by Crippen LogP contribution is -2.60. The minimum absolute atomic E-state index is 0.195. The minimum Gasteiger partial charge on any atom is -0.394 e. The fourth-order valence-electron chi connectivity index (χ4n) is 5.76. The van der Waals surface area contributed by atoms with Crippen molar-refractivity contribution < 1.29 is 39.8 Å². The van der Waals surface area contributed by atoms with Crippen LogP contribution in [0.4, 0.5) is 0 Å². The molecule has 1 aliphatic rings. The maximum Gasteiger partial charge on any atom is 0.220 e. The largest absolute Gasteiger partial charge is 0.394 e. The lowest BCUT2D eigenvalue weighted by atomic mass is 9.99. The number of aliphatic hydroxyl groups excluding tert-OH is 5. The normalized spacial score (nSPS) is 23.0. The van der Waals surface area contributed by atoms with E-state index in [9.17, 15) is 30.3 Å². The smallest absolute Gasteiger partial charge is 0.220 e. The molecule has 0 spiro atoms. The summed E-state index contributed by atoms with van der Waals surface area (Å²) in [6, 6.07) is -0.821. The van der Waals surface area contributed by atoms with Gasteiger partial charge in [0.1, 0.15) is 24.4 Å². The molecule has 7 atom stereocenters. The monoisotopic (exact) mass is 682 g/mol. The summed E-state index contributed by atoms with van der Waals surface area (Å²) >= 11 is 0. The van der Waals surface area contributed by atoms with E-state index < -0.39 is 49.5 Å². The van der Waals surface area contributed by atoms with Gasteiger partial charge in [0.2, 0.25) is 5.91 Å². The Bertz CT molecular complexity index is 848. The van der Waals surface area contributed by atoms with Gasteiger partial charge in [0.05, 0.1) is 25.4 Å². The molecule has 6 N–H and O–H groups in total. The second kappa shape index (κ2) is 30.3. The summed E-state index contributed by atoms with van der Waals surface area (Å²) in [5.74, 6) is -0.195. The first-order valence-electron chi connectivity index (χ1n) is 19.2. The number of hydrogen-bond acceptors (Lipinski definition) is 8. The Balaban J connectivity index is 2.49. The summed E-state index contributed by atoms with van der Waals surface area (Å²) in [4.78, 5) is 12.8. The predicted molar refractivity (Wildman–Crippen MR) is 193 cm³/mol. The van der Waals surface area contributed by atoms with E-state index in [0.717, 1.165) is 51.4 Å². The van der Waals surface area contributed by atoms with Gasteiger partial charge in [-0.05, 0) is 38.5 Å². The highest BCUT2D eigenvalue weighted by molar-refractivity contribution is 5.76. The van der Waals surface area contributed by atoms with Crippen LogP contribution in [0.5, 0.6) is 0 Å². The van der Waals surface area contributed by atoms with Crippen LogP contribution >= 0.6 is 0 Å². The van der Waals surface area contributed by atoms with Crippen LogP contribution in [-0.2, 0) is 14.3 Å². The van der Waals surface area contributed by atoms with Crippen molar-refractivity contribution >= 4 is 5.91 Å². The van der Waals surface area contributed by atoms with Gasteiger partial charge in [0.15, 0.2) is 6.29 Å². The van der Waals surface area contributed by atoms with Crippen LogP contribution in [0.15, 0.2) is 36.5 Å². The van der Waals surface area contributed by atoms with E-state index in [2.05, 4.69) is 43.5 Å². The van der Waals surface area contributed by atoms with E-state index >= 15 is 0 Å². The van der Waals surface area contributed by atoms with Crippen LogP contribution in [0.2, 0.25) is 0 Å². The highest BCUT2D eigenvalue weighted by Gasteiger charge is 2.44.